The summed E-state index contributed by atoms with van der Waals surface area (Å²) in [5.74, 6) is 0.936. The second kappa shape index (κ2) is 5.89. The van der Waals surface area contributed by atoms with E-state index in [0.717, 1.165) is 12.1 Å². The molecule has 0 aliphatic rings. The van der Waals surface area contributed by atoms with Crippen molar-refractivity contribution in [3.8, 4) is 0 Å². The topological polar surface area (TPSA) is 37.8 Å². The molecule has 0 spiro atoms. The predicted molar refractivity (Wildman–Crippen MR) is 75.9 cm³/mol. The average Bonchev–Trinajstić information content (AvgIpc) is 2.43. The molecular formula is C14H13ClF3N3. The summed E-state index contributed by atoms with van der Waals surface area (Å²) in [4.78, 5) is 8.34. The Morgan fingerprint density at radius 3 is 2.57 bits per heavy atom. The maximum absolute atomic E-state index is 12.7. The van der Waals surface area contributed by atoms with Crippen LogP contribution < -0.4 is 5.32 Å². The Kier molecular flexibility index (Phi) is 4.37. The number of benzene rings is 1. The first kappa shape index (κ1) is 15.6. The molecular weight excluding hydrogens is 303 g/mol. The quantitative estimate of drug-likeness (QED) is 0.830. The Morgan fingerprint density at radius 2 is 1.95 bits per heavy atom. The molecule has 0 saturated heterocycles. The van der Waals surface area contributed by atoms with Gasteiger partial charge in [-0.05, 0) is 25.1 Å². The van der Waals surface area contributed by atoms with Crippen LogP contribution in [0.15, 0.2) is 24.3 Å². The van der Waals surface area contributed by atoms with Crippen molar-refractivity contribution in [3.63, 3.8) is 0 Å². The van der Waals surface area contributed by atoms with Gasteiger partial charge in [0.2, 0.25) is 0 Å². The zero-order valence-electron chi connectivity index (χ0n) is 11.4. The minimum atomic E-state index is -4.38. The largest absolute Gasteiger partial charge is 0.416 e. The van der Waals surface area contributed by atoms with E-state index >= 15 is 0 Å². The number of hydrogen-bond donors (Lipinski definition) is 1. The molecule has 0 atom stereocenters. The van der Waals surface area contributed by atoms with Gasteiger partial charge in [-0.15, -0.1) is 0 Å². The highest BCUT2D eigenvalue weighted by Crippen LogP contribution is 2.32. The molecule has 0 amide bonds. The molecule has 0 aliphatic heterocycles. The van der Waals surface area contributed by atoms with E-state index in [1.54, 1.807) is 6.92 Å². The maximum Gasteiger partial charge on any atom is 0.416 e. The Morgan fingerprint density at radius 1 is 1.24 bits per heavy atom. The first-order valence-electron chi connectivity index (χ1n) is 6.28. The molecule has 1 aromatic heterocycles. The van der Waals surface area contributed by atoms with E-state index < -0.39 is 11.7 Å². The predicted octanol–water partition coefficient (Wildman–Crippen LogP) is 4.76. The normalized spacial score (nSPS) is 11.5. The number of halogens is 4. The number of nitrogens with one attached hydrogen (secondary N) is 1. The molecule has 0 fully saturated rings. The monoisotopic (exact) mass is 315 g/mol. The SMILES string of the molecule is CCc1nc(Cl)c(C)c(Nc2cccc(C(F)(F)F)c2)n1. The Balaban J connectivity index is 2.36. The molecule has 7 heteroatoms. The van der Waals surface area contributed by atoms with Crippen LogP contribution in [0, 0.1) is 6.92 Å². The number of nitrogens with zero attached hydrogens (tertiary/aromatic N) is 2. The third-order valence-corrected chi connectivity index (χ3v) is 3.27. The highest BCUT2D eigenvalue weighted by atomic mass is 35.5. The number of anilines is 2. The fourth-order valence-electron chi connectivity index (χ4n) is 1.72. The van der Waals surface area contributed by atoms with Gasteiger partial charge in [0.25, 0.3) is 0 Å². The van der Waals surface area contributed by atoms with Crippen LogP contribution in [0.3, 0.4) is 0 Å². The van der Waals surface area contributed by atoms with Crippen LogP contribution in [-0.2, 0) is 12.6 Å². The fraction of sp³-hybridized carbons (Fsp3) is 0.286. The van der Waals surface area contributed by atoms with E-state index in [1.165, 1.54) is 12.1 Å². The summed E-state index contributed by atoms with van der Waals surface area (Å²) in [7, 11) is 0. The van der Waals surface area contributed by atoms with Gasteiger partial charge < -0.3 is 5.32 Å². The Bertz CT molecular complexity index is 656. The summed E-state index contributed by atoms with van der Waals surface area (Å²) < 4.78 is 38.1. The van der Waals surface area contributed by atoms with Crippen LogP contribution in [0.2, 0.25) is 5.15 Å². The van der Waals surface area contributed by atoms with Crippen molar-refractivity contribution in [1.29, 1.82) is 0 Å². The average molecular weight is 316 g/mol. The standard InChI is InChI=1S/C14H13ClF3N3/c1-3-11-20-12(15)8(2)13(21-11)19-10-6-4-5-9(7-10)14(16,17)18/h4-7H,3H2,1-2H3,(H,19,20,21). The number of aromatic nitrogens is 2. The smallest absolute Gasteiger partial charge is 0.340 e. The van der Waals surface area contributed by atoms with Gasteiger partial charge >= 0.3 is 6.18 Å². The van der Waals surface area contributed by atoms with Gasteiger partial charge in [0, 0.05) is 17.7 Å². The number of rotatable bonds is 3. The lowest BCUT2D eigenvalue weighted by Gasteiger charge is -2.13. The minimum absolute atomic E-state index is 0.288. The molecule has 0 radical (unpaired) electrons. The third-order valence-electron chi connectivity index (χ3n) is 2.90. The van der Waals surface area contributed by atoms with Crippen molar-refractivity contribution in [2.75, 3.05) is 5.32 Å². The third kappa shape index (κ3) is 3.64. The second-order valence-corrected chi connectivity index (χ2v) is 4.82. The van der Waals surface area contributed by atoms with E-state index in [4.69, 9.17) is 11.6 Å². The van der Waals surface area contributed by atoms with E-state index in [-0.39, 0.29) is 5.15 Å². The van der Waals surface area contributed by atoms with Crippen molar-refractivity contribution >= 4 is 23.1 Å². The minimum Gasteiger partial charge on any atom is -0.340 e. The number of aryl methyl sites for hydroxylation is 1. The summed E-state index contributed by atoms with van der Waals surface area (Å²) in [6.07, 6.45) is -3.80. The number of alkyl halides is 3. The van der Waals surface area contributed by atoms with Crippen molar-refractivity contribution in [1.82, 2.24) is 9.97 Å². The van der Waals surface area contributed by atoms with Crippen molar-refractivity contribution in [2.24, 2.45) is 0 Å². The molecule has 1 N–H and O–H groups in total. The van der Waals surface area contributed by atoms with E-state index in [9.17, 15) is 13.2 Å². The van der Waals surface area contributed by atoms with E-state index in [0.29, 0.717) is 29.3 Å². The molecule has 0 saturated carbocycles. The molecule has 2 rings (SSSR count). The lowest BCUT2D eigenvalue weighted by Crippen LogP contribution is -2.06. The summed E-state index contributed by atoms with van der Waals surface area (Å²) in [5, 5.41) is 3.15. The highest BCUT2D eigenvalue weighted by molar-refractivity contribution is 6.30. The lowest BCUT2D eigenvalue weighted by atomic mass is 10.2. The summed E-state index contributed by atoms with van der Waals surface area (Å²) in [6, 6.07) is 4.92. The molecule has 21 heavy (non-hydrogen) atoms. The fourth-order valence-corrected chi connectivity index (χ4v) is 1.91. The van der Waals surface area contributed by atoms with Gasteiger partial charge in [-0.1, -0.05) is 24.6 Å². The molecule has 0 aliphatic carbocycles. The van der Waals surface area contributed by atoms with Gasteiger partial charge in [-0.25, -0.2) is 9.97 Å². The Hall–Kier alpha value is -1.82. The summed E-state index contributed by atoms with van der Waals surface area (Å²) in [5.41, 5.74) is 0.164. The lowest BCUT2D eigenvalue weighted by molar-refractivity contribution is -0.137. The molecule has 0 bridgehead atoms. The van der Waals surface area contributed by atoms with Gasteiger partial charge in [-0.2, -0.15) is 13.2 Å². The Labute approximate surface area is 125 Å². The van der Waals surface area contributed by atoms with Crippen LogP contribution in [-0.4, -0.2) is 9.97 Å². The first-order chi connectivity index (χ1) is 9.81. The highest BCUT2D eigenvalue weighted by Gasteiger charge is 2.30. The van der Waals surface area contributed by atoms with Crippen LogP contribution in [0.4, 0.5) is 24.7 Å². The van der Waals surface area contributed by atoms with Gasteiger partial charge in [-0.3, -0.25) is 0 Å². The van der Waals surface area contributed by atoms with Crippen LogP contribution in [0.1, 0.15) is 23.9 Å². The van der Waals surface area contributed by atoms with E-state index in [2.05, 4.69) is 15.3 Å². The zero-order valence-corrected chi connectivity index (χ0v) is 12.2. The first-order valence-corrected chi connectivity index (χ1v) is 6.66. The zero-order chi connectivity index (χ0) is 15.6. The summed E-state index contributed by atoms with van der Waals surface area (Å²) in [6.45, 7) is 3.58. The maximum atomic E-state index is 12.7. The molecule has 3 nitrogen and oxygen atoms in total. The van der Waals surface area contributed by atoms with Gasteiger partial charge in [0.05, 0.1) is 5.56 Å². The number of hydrogen-bond acceptors (Lipinski definition) is 3. The molecule has 1 aromatic carbocycles. The molecule has 2 aromatic rings. The molecule has 0 unspecified atom stereocenters. The molecule has 1 heterocycles. The second-order valence-electron chi connectivity index (χ2n) is 4.46. The van der Waals surface area contributed by atoms with Crippen LogP contribution >= 0.6 is 11.6 Å². The van der Waals surface area contributed by atoms with Gasteiger partial charge in [0.1, 0.15) is 16.8 Å². The van der Waals surface area contributed by atoms with Crippen molar-refractivity contribution in [2.45, 2.75) is 26.4 Å². The van der Waals surface area contributed by atoms with Gasteiger partial charge in [0.15, 0.2) is 0 Å². The van der Waals surface area contributed by atoms with Crippen molar-refractivity contribution < 1.29 is 13.2 Å². The van der Waals surface area contributed by atoms with Crippen LogP contribution in [0.5, 0.6) is 0 Å². The van der Waals surface area contributed by atoms with Crippen LogP contribution in [0.25, 0.3) is 0 Å². The molecule has 112 valence electrons. The van der Waals surface area contributed by atoms with E-state index in [1.807, 2.05) is 6.92 Å². The van der Waals surface area contributed by atoms with Crippen molar-refractivity contribution in [3.05, 3.63) is 46.4 Å². The summed E-state index contributed by atoms with van der Waals surface area (Å²) >= 11 is 6.00.